The van der Waals surface area contributed by atoms with Gasteiger partial charge in [-0.2, -0.15) is 0 Å². The molecule has 1 aliphatic carbocycles. The molecule has 2 rings (SSSR count). The highest BCUT2D eigenvalue weighted by molar-refractivity contribution is 5.50. The summed E-state index contributed by atoms with van der Waals surface area (Å²) in [5.41, 5.74) is 9.36. The molecule has 94 valence electrons. The Kier molecular flexibility index (Phi) is 3.69. The van der Waals surface area contributed by atoms with Crippen LogP contribution in [0.3, 0.4) is 0 Å². The molecule has 3 heteroatoms. The van der Waals surface area contributed by atoms with Gasteiger partial charge in [-0.15, -0.1) is 0 Å². The summed E-state index contributed by atoms with van der Waals surface area (Å²) in [6.07, 6.45) is 1.84. The molecule has 1 saturated carbocycles. The second kappa shape index (κ2) is 5.07. The van der Waals surface area contributed by atoms with Gasteiger partial charge in [0.05, 0.1) is 6.10 Å². The SMILES string of the molecule is Cc1cc(N(C)CC2CC(O)C2)ccc1CN. The molecule has 1 fully saturated rings. The van der Waals surface area contributed by atoms with Gasteiger partial charge in [0.1, 0.15) is 0 Å². The Labute approximate surface area is 103 Å². The zero-order chi connectivity index (χ0) is 12.4. The number of aryl methyl sites for hydroxylation is 1. The van der Waals surface area contributed by atoms with Gasteiger partial charge < -0.3 is 15.7 Å². The number of rotatable bonds is 4. The van der Waals surface area contributed by atoms with E-state index in [4.69, 9.17) is 5.73 Å². The predicted octanol–water partition coefficient (Wildman–Crippen LogP) is 1.66. The third-order valence-electron chi connectivity index (χ3n) is 3.73. The molecule has 0 radical (unpaired) electrons. The number of hydrogen-bond donors (Lipinski definition) is 2. The first-order valence-corrected chi connectivity index (χ1v) is 6.29. The summed E-state index contributed by atoms with van der Waals surface area (Å²) in [6.45, 7) is 3.73. The van der Waals surface area contributed by atoms with Gasteiger partial charge in [0.15, 0.2) is 0 Å². The van der Waals surface area contributed by atoms with Crippen molar-refractivity contribution in [3.8, 4) is 0 Å². The summed E-state index contributed by atoms with van der Waals surface area (Å²) in [6, 6.07) is 6.43. The fourth-order valence-corrected chi connectivity index (χ4v) is 2.49. The maximum Gasteiger partial charge on any atom is 0.0546 e. The monoisotopic (exact) mass is 234 g/mol. The van der Waals surface area contributed by atoms with E-state index >= 15 is 0 Å². The molecule has 0 heterocycles. The van der Waals surface area contributed by atoms with E-state index in [9.17, 15) is 5.11 Å². The van der Waals surface area contributed by atoms with Crippen molar-refractivity contribution in [2.24, 2.45) is 11.7 Å². The highest BCUT2D eigenvalue weighted by Gasteiger charge is 2.27. The summed E-state index contributed by atoms with van der Waals surface area (Å²) in [5.74, 6) is 0.643. The van der Waals surface area contributed by atoms with Gasteiger partial charge in [0.2, 0.25) is 0 Å². The van der Waals surface area contributed by atoms with Crippen LogP contribution in [0.2, 0.25) is 0 Å². The van der Waals surface area contributed by atoms with E-state index in [1.807, 2.05) is 0 Å². The fourth-order valence-electron chi connectivity index (χ4n) is 2.49. The molecule has 1 aromatic carbocycles. The molecular formula is C14H22N2O. The van der Waals surface area contributed by atoms with Crippen molar-refractivity contribution in [3.63, 3.8) is 0 Å². The number of nitrogens with zero attached hydrogens (tertiary/aromatic N) is 1. The molecule has 3 N–H and O–H groups in total. The normalized spacial score (nSPS) is 23.3. The van der Waals surface area contributed by atoms with Crippen LogP contribution in [-0.4, -0.2) is 24.8 Å². The van der Waals surface area contributed by atoms with Gasteiger partial charge in [-0.05, 0) is 48.9 Å². The quantitative estimate of drug-likeness (QED) is 0.833. The third kappa shape index (κ3) is 2.79. The lowest BCUT2D eigenvalue weighted by atomic mass is 9.82. The first-order valence-electron chi connectivity index (χ1n) is 6.29. The number of anilines is 1. The fraction of sp³-hybridized carbons (Fsp3) is 0.571. The van der Waals surface area contributed by atoms with Gasteiger partial charge in [0.25, 0.3) is 0 Å². The van der Waals surface area contributed by atoms with Crippen LogP contribution < -0.4 is 10.6 Å². The van der Waals surface area contributed by atoms with Crippen molar-refractivity contribution in [2.45, 2.75) is 32.4 Å². The predicted molar refractivity (Wildman–Crippen MR) is 71.1 cm³/mol. The van der Waals surface area contributed by atoms with Crippen molar-refractivity contribution in [2.75, 3.05) is 18.5 Å². The first kappa shape index (κ1) is 12.4. The van der Waals surface area contributed by atoms with E-state index in [1.54, 1.807) is 0 Å². The number of nitrogens with two attached hydrogens (primary N) is 1. The number of aliphatic hydroxyl groups excluding tert-OH is 1. The maximum atomic E-state index is 9.28. The largest absolute Gasteiger partial charge is 0.393 e. The van der Waals surface area contributed by atoms with E-state index in [1.165, 1.54) is 16.8 Å². The zero-order valence-electron chi connectivity index (χ0n) is 10.7. The average Bonchev–Trinajstić information content (AvgIpc) is 2.26. The molecule has 0 unspecified atom stereocenters. The van der Waals surface area contributed by atoms with Crippen LogP contribution in [0.25, 0.3) is 0 Å². The zero-order valence-corrected chi connectivity index (χ0v) is 10.7. The Balaban J connectivity index is 1.99. The summed E-state index contributed by atoms with van der Waals surface area (Å²) in [7, 11) is 2.11. The van der Waals surface area contributed by atoms with E-state index in [-0.39, 0.29) is 6.10 Å². The molecule has 0 aromatic heterocycles. The van der Waals surface area contributed by atoms with Crippen LogP contribution in [0.4, 0.5) is 5.69 Å². The van der Waals surface area contributed by atoms with Crippen LogP contribution in [-0.2, 0) is 6.54 Å². The number of aliphatic hydroxyl groups is 1. The molecule has 0 amide bonds. The van der Waals surface area contributed by atoms with Crippen molar-refractivity contribution in [3.05, 3.63) is 29.3 Å². The van der Waals surface area contributed by atoms with Gasteiger partial charge in [-0.3, -0.25) is 0 Å². The summed E-state index contributed by atoms with van der Waals surface area (Å²) >= 11 is 0. The van der Waals surface area contributed by atoms with Crippen molar-refractivity contribution < 1.29 is 5.11 Å². The molecule has 3 nitrogen and oxygen atoms in total. The van der Waals surface area contributed by atoms with E-state index in [2.05, 4.69) is 37.1 Å². The second-order valence-corrected chi connectivity index (χ2v) is 5.19. The van der Waals surface area contributed by atoms with Gasteiger partial charge in [0, 0.05) is 25.8 Å². The average molecular weight is 234 g/mol. The van der Waals surface area contributed by atoms with Gasteiger partial charge in [-0.1, -0.05) is 6.07 Å². The molecule has 1 aromatic rings. The van der Waals surface area contributed by atoms with E-state index < -0.39 is 0 Å². The Morgan fingerprint density at radius 2 is 2.12 bits per heavy atom. The molecule has 0 aliphatic heterocycles. The highest BCUT2D eigenvalue weighted by atomic mass is 16.3. The third-order valence-corrected chi connectivity index (χ3v) is 3.73. The van der Waals surface area contributed by atoms with Crippen molar-refractivity contribution in [1.82, 2.24) is 0 Å². The lowest BCUT2D eigenvalue weighted by Gasteiger charge is -2.35. The second-order valence-electron chi connectivity index (χ2n) is 5.19. The van der Waals surface area contributed by atoms with Gasteiger partial charge >= 0.3 is 0 Å². The molecule has 17 heavy (non-hydrogen) atoms. The minimum Gasteiger partial charge on any atom is -0.393 e. The summed E-state index contributed by atoms with van der Waals surface area (Å²) in [4.78, 5) is 2.27. The Bertz CT molecular complexity index is 386. The minimum absolute atomic E-state index is 0.0604. The Morgan fingerprint density at radius 1 is 1.41 bits per heavy atom. The molecular weight excluding hydrogens is 212 g/mol. The van der Waals surface area contributed by atoms with Crippen LogP contribution in [0.5, 0.6) is 0 Å². The maximum absolute atomic E-state index is 9.28. The summed E-state index contributed by atoms with van der Waals surface area (Å²) < 4.78 is 0. The van der Waals surface area contributed by atoms with Crippen LogP contribution in [0, 0.1) is 12.8 Å². The van der Waals surface area contributed by atoms with Gasteiger partial charge in [-0.25, -0.2) is 0 Å². The number of benzene rings is 1. The molecule has 0 bridgehead atoms. The Hall–Kier alpha value is -1.06. The molecule has 0 atom stereocenters. The molecule has 0 spiro atoms. The van der Waals surface area contributed by atoms with Crippen LogP contribution in [0.15, 0.2) is 18.2 Å². The van der Waals surface area contributed by atoms with Crippen molar-refractivity contribution >= 4 is 5.69 Å². The van der Waals surface area contributed by atoms with Crippen LogP contribution >= 0.6 is 0 Å². The van der Waals surface area contributed by atoms with E-state index in [0.717, 1.165) is 19.4 Å². The standard InChI is InChI=1S/C14H22N2O/c1-10-5-13(4-3-12(10)8-15)16(2)9-11-6-14(17)7-11/h3-5,11,14,17H,6-9,15H2,1-2H3. The Morgan fingerprint density at radius 3 is 2.65 bits per heavy atom. The van der Waals surface area contributed by atoms with E-state index in [0.29, 0.717) is 12.5 Å². The first-order chi connectivity index (χ1) is 8.10. The van der Waals surface area contributed by atoms with Crippen LogP contribution in [0.1, 0.15) is 24.0 Å². The summed E-state index contributed by atoms with van der Waals surface area (Å²) in [5, 5.41) is 9.28. The highest BCUT2D eigenvalue weighted by Crippen LogP contribution is 2.29. The molecule has 1 aliphatic rings. The molecule has 0 saturated heterocycles. The topological polar surface area (TPSA) is 49.5 Å². The lowest BCUT2D eigenvalue weighted by molar-refractivity contribution is 0.0465. The minimum atomic E-state index is -0.0604. The smallest absolute Gasteiger partial charge is 0.0546 e. The van der Waals surface area contributed by atoms with Crippen molar-refractivity contribution in [1.29, 1.82) is 0 Å². The lowest BCUT2D eigenvalue weighted by Crippen LogP contribution is -2.37. The number of hydrogen-bond acceptors (Lipinski definition) is 3.